The molecule has 0 saturated carbocycles. The van der Waals surface area contributed by atoms with Crippen LogP contribution in [0, 0.1) is 15.4 Å². The summed E-state index contributed by atoms with van der Waals surface area (Å²) in [5.41, 5.74) is 1.67. The Bertz CT molecular complexity index is 952. The van der Waals surface area contributed by atoms with Gasteiger partial charge in [0, 0.05) is 24.7 Å². The van der Waals surface area contributed by atoms with Crippen LogP contribution in [0.4, 0.5) is 0 Å². The van der Waals surface area contributed by atoms with Crippen LogP contribution in [0.25, 0.3) is 0 Å². The van der Waals surface area contributed by atoms with Crippen molar-refractivity contribution in [2.75, 3.05) is 27.4 Å². The van der Waals surface area contributed by atoms with Gasteiger partial charge in [0.15, 0.2) is 6.10 Å². The molecule has 0 unspecified atom stereocenters. The average Bonchev–Trinajstić information content (AvgIpc) is 2.76. The van der Waals surface area contributed by atoms with Crippen LogP contribution in [0.3, 0.4) is 0 Å². The van der Waals surface area contributed by atoms with Crippen molar-refractivity contribution >= 4 is 28.6 Å². The standard InChI is InChI=1S/C24H25IO6/c1-4-30-23(24(26)27)15-18-9-10-22(21(25)14-18)31-11-7-5-6-8-17-12-19(28-2)16-20(13-17)29-3/h5,7,9-10,12-14,16,23H,4,11,15H2,1-3H3,(H,26,27)/b7-5+/t23-/m0/s1. The Morgan fingerprint density at radius 2 is 1.87 bits per heavy atom. The molecule has 0 aromatic heterocycles. The smallest absolute Gasteiger partial charge is 0.333 e. The number of halogens is 1. The van der Waals surface area contributed by atoms with Crippen molar-refractivity contribution in [2.45, 2.75) is 19.4 Å². The van der Waals surface area contributed by atoms with E-state index in [-0.39, 0.29) is 0 Å². The molecule has 0 aliphatic heterocycles. The Kier molecular flexibility index (Phi) is 10.2. The molecule has 6 nitrogen and oxygen atoms in total. The summed E-state index contributed by atoms with van der Waals surface area (Å²) in [5.74, 6) is 7.13. The summed E-state index contributed by atoms with van der Waals surface area (Å²) in [7, 11) is 3.20. The lowest BCUT2D eigenvalue weighted by Crippen LogP contribution is -2.26. The number of allylic oxidation sites excluding steroid dienone is 1. The maximum absolute atomic E-state index is 11.2. The zero-order valence-electron chi connectivity index (χ0n) is 17.7. The lowest BCUT2D eigenvalue weighted by atomic mass is 10.1. The second-order valence-corrected chi connectivity index (χ2v) is 7.50. The predicted octanol–water partition coefficient (Wildman–Crippen LogP) is 4.33. The molecule has 0 aliphatic carbocycles. The van der Waals surface area contributed by atoms with Crippen LogP contribution in [0.15, 0.2) is 48.6 Å². The Hall–Kier alpha value is -2.70. The average molecular weight is 536 g/mol. The van der Waals surface area contributed by atoms with E-state index in [1.54, 1.807) is 33.3 Å². The summed E-state index contributed by atoms with van der Waals surface area (Å²) < 4.78 is 22.4. The molecule has 2 aromatic rings. The summed E-state index contributed by atoms with van der Waals surface area (Å²) in [6.07, 6.45) is 3.01. The normalized spacial score (nSPS) is 11.5. The van der Waals surface area contributed by atoms with Gasteiger partial charge in [-0.2, -0.15) is 0 Å². The fourth-order valence-corrected chi connectivity index (χ4v) is 3.41. The second kappa shape index (κ2) is 12.9. The van der Waals surface area contributed by atoms with E-state index in [4.69, 9.17) is 18.9 Å². The van der Waals surface area contributed by atoms with E-state index < -0.39 is 12.1 Å². The molecule has 31 heavy (non-hydrogen) atoms. The van der Waals surface area contributed by atoms with E-state index in [2.05, 4.69) is 34.4 Å². The van der Waals surface area contributed by atoms with E-state index in [1.807, 2.05) is 36.4 Å². The minimum Gasteiger partial charge on any atom is -0.497 e. The molecule has 0 heterocycles. The van der Waals surface area contributed by atoms with Gasteiger partial charge in [-0.1, -0.05) is 17.9 Å². The van der Waals surface area contributed by atoms with E-state index in [0.717, 1.165) is 20.4 Å². The van der Waals surface area contributed by atoms with E-state index >= 15 is 0 Å². The van der Waals surface area contributed by atoms with Crippen LogP contribution in [-0.2, 0) is 16.0 Å². The molecule has 7 heteroatoms. The molecule has 0 fully saturated rings. The topological polar surface area (TPSA) is 74.2 Å². The molecule has 1 atom stereocenters. The Labute approximate surface area is 196 Å². The van der Waals surface area contributed by atoms with Gasteiger partial charge in [-0.05, 0) is 71.5 Å². The first-order valence-electron chi connectivity index (χ1n) is 9.62. The number of carboxylic acid groups (broad SMARTS) is 1. The van der Waals surface area contributed by atoms with Gasteiger partial charge in [-0.3, -0.25) is 0 Å². The summed E-state index contributed by atoms with van der Waals surface area (Å²) in [5, 5.41) is 9.22. The number of benzene rings is 2. The third kappa shape index (κ3) is 8.15. The first kappa shape index (κ1) is 24.6. The highest BCUT2D eigenvalue weighted by atomic mass is 127. The highest BCUT2D eigenvalue weighted by molar-refractivity contribution is 14.1. The zero-order valence-corrected chi connectivity index (χ0v) is 19.8. The Morgan fingerprint density at radius 1 is 1.16 bits per heavy atom. The van der Waals surface area contributed by atoms with Crippen molar-refractivity contribution in [3.8, 4) is 29.1 Å². The fraction of sp³-hybridized carbons (Fsp3) is 0.292. The molecule has 2 aromatic carbocycles. The van der Waals surface area contributed by atoms with Crippen LogP contribution in [0.2, 0.25) is 0 Å². The minimum atomic E-state index is -0.962. The van der Waals surface area contributed by atoms with Crippen LogP contribution in [0.5, 0.6) is 17.2 Å². The molecule has 0 aliphatic rings. The van der Waals surface area contributed by atoms with Crippen molar-refractivity contribution in [1.82, 2.24) is 0 Å². The molecule has 0 saturated heterocycles. The summed E-state index contributed by atoms with van der Waals surface area (Å²) in [6, 6.07) is 11.1. The second-order valence-electron chi connectivity index (χ2n) is 6.34. The monoisotopic (exact) mass is 536 g/mol. The SMILES string of the molecule is CCO[C@@H](Cc1ccc(OC/C=C/C#Cc2cc(OC)cc(OC)c2)c(I)c1)C(=O)O. The van der Waals surface area contributed by atoms with Crippen molar-refractivity contribution in [2.24, 2.45) is 0 Å². The summed E-state index contributed by atoms with van der Waals surface area (Å²) >= 11 is 2.17. The lowest BCUT2D eigenvalue weighted by Gasteiger charge is -2.13. The number of hydrogen-bond acceptors (Lipinski definition) is 5. The fourth-order valence-electron chi connectivity index (χ4n) is 2.67. The maximum Gasteiger partial charge on any atom is 0.333 e. The molecule has 0 spiro atoms. The molecular weight excluding hydrogens is 511 g/mol. The predicted molar refractivity (Wildman–Crippen MR) is 127 cm³/mol. The third-order valence-electron chi connectivity index (χ3n) is 4.16. The van der Waals surface area contributed by atoms with Crippen LogP contribution in [0.1, 0.15) is 18.1 Å². The van der Waals surface area contributed by atoms with Crippen molar-refractivity contribution in [3.05, 3.63) is 63.2 Å². The van der Waals surface area contributed by atoms with Crippen molar-refractivity contribution in [1.29, 1.82) is 0 Å². The number of rotatable bonds is 10. The minimum absolute atomic E-state index is 0.310. The van der Waals surface area contributed by atoms with E-state index in [9.17, 15) is 9.90 Å². The third-order valence-corrected chi connectivity index (χ3v) is 5.01. The van der Waals surface area contributed by atoms with Gasteiger partial charge in [0.2, 0.25) is 0 Å². The highest BCUT2D eigenvalue weighted by Crippen LogP contribution is 2.23. The molecule has 0 bridgehead atoms. The van der Waals surface area contributed by atoms with Gasteiger partial charge < -0.3 is 24.1 Å². The van der Waals surface area contributed by atoms with E-state index in [0.29, 0.717) is 31.1 Å². The van der Waals surface area contributed by atoms with Gasteiger partial charge in [-0.25, -0.2) is 4.79 Å². The maximum atomic E-state index is 11.2. The molecule has 1 N–H and O–H groups in total. The number of ether oxygens (including phenoxy) is 4. The lowest BCUT2D eigenvalue weighted by molar-refractivity contribution is -0.149. The van der Waals surface area contributed by atoms with Gasteiger partial charge in [0.1, 0.15) is 23.9 Å². The summed E-state index contributed by atoms with van der Waals surface area (Å²) in [6.45, 7) is 2.50. The van der Waals surface area contributed by atoms with Crippen LogP contribution in [-0.4, -0.2) is 44.6 Å². The Balaban J connectivity index is 1.92. The number of hydrogen-bond donors (Lipinski definition) is 1. The van der Waals surface area contributed by atoms with Crippen LogP contribution < -0.4 is 14.2 Å². The molecular formula is C24H25IO6. The molecule has 164 valence electrons. The van der Waals surface area contributed by atoms with Crippen molar-refractivity contribution in [3.63, 3.8) is 0 Å². The first-order valence-corrected chi connectivity index (χ1v) is 10.7. The number of aliphatic carboxylic acids is 1. The zero-order chi connectivity index (χ0) is 22.6. The molecule has 0 radical (unpaired) electrons. The quantitative estimate of drug-likeness (QED) is 0.360. The van der Waals surface area contributed by atoms with Crippen molar-refractivity contribution < 1.29 is 28.8 Å². The van der Waals surface area contributed by atoms with E-state index in [1.165, 1.54) is 0 Å². The number of carbonyl (C=O) groups is 1. The number of methoxy groups -OCH3 is 2. The van der Waals surface area contributed by atoms with Gasteiger partial charge >= 0.3 is 5.97 Å². The largest absolute Gasteiger partial charge is 0.497 e. The van der Waals surface area contributed by atoms with Crippen LogP contribution >= 0.6 is 22.6 Å². The van der Waals surface area contributed by atoms with Gasteiger partial charge in [-0.15, -0.1) is 0 Å². The van der Waals surface area contributed by atoms with Gasteiger partial charge in [0.25, 0.3) is 0 Å². The first-order chi connectivity index (χ1) is 15.0. The number of carboxylic acids is 1. The molecule has 0 amide bonds. The molecule has 2 rings (SSSR count). The Morgan fingerprint density at radius 3 is 2.45 bits per heavy atom. The van der Waals surface area contributed by atoms with Gasteiger partial charge in [0.05, 0.1) is 17.8 Å². The summed E-state index contributed by atoms with van der Waals surface area (Å²) in [4.78, 5) is 11.2. The highest BCUT2D eigenvalue weighted by Gasteiger charge is 2.18.